The normalized spacial score (nSPS) is 20.3. The van der Waals surface area contributed by atoms with Crippen LogP contribution in [0.25, 0.3) is 0 Å². The lowest BCUT2D eigenvalue weighted by Gasteiger charge is -2.34. The summed E-state index contributed by atoms with van der Waals surface area (Å²) < 4.78 is 0. The van der Waals surface area contributed by atoms with Crippen molar-refractivity contribution < 1.29 is 0 Å². The molecule has 1 N–H and O–H groups in total. The van der Waals surface area contributed by atoms with Crippen molar-refractivity contribution in [3.8, 4) is 0 Å². The monoisotopic (exact) mass is 224 g/mol. The minimum Gasteiger partial charge on any atom is -0.314 e. The van der Waals surface area contributed by atoms with Crippen LogP contribution in [0.5, 0.6) is 0 Å². The second-order valence-electron chi connectivity index (χ2n) is 4.18. The van der Waals surface area contributed by atoms with Crippen molar-refractivity contribution >= 4 is 11.3 Å². The van der Waals surface area contributed by atoms with E-state index in [0.717, 1.165) is 19.1 Å². The molecule has 2 rings (SSSR count). The Hall–Kier alpha value is -0.380. The Morgan fingerprint density at radius 3 is 2.87 bits per heavy atom. The van der Waals surface area contributed by atoms with E-state index in [9.17, 15) is 0 Å². The van der Waals surface area contributed by atoms with Gasteiger partial charge in [0.05, 0.1) is 0 Å². The molecule has 1 unspecified atom stereocenters. The average molecular weight is 224 g/mol. The molecule has 84 valence electrons. The second-order valence-corrected chi connectivity index (χ2v) is 4.96. The molecular weight excluding hydrogens is 204 g/mol. The van der Waals surface area contributed by atoms with Crippen LogP contribution >= 0.6 is 11.3 Å². The summed E-state index contributed by atoms with van der Waals surface area (Å²) in [6.45, 7) is 7.03. The molecule has 1 aromatic rings. The number of hydrogen-bond donors (Lipinski definition) is 1. The van der Waals surface area contributed by atoms with Gasteiger partial charge in [-0.25, -0.2) is 0 Å². The molecule has 2 heterocycles. The highest BCUT2D eigenvalue weighted by atomic mass is 32.1. The van der Waals surface area contributed by atoms with Gasteiger partial charge in [-0.3, -0.25) is 4.90 Å². The molecule has 0 bridgehead atoms. The molecular formula is C12H20N2S. The minimum atomic E-state index is 0.738. The van der Waals surface area contributed by atoms with Gasteiger partial charge in [0.1, 0.15) is 0 Å². The van der Waals surface area contributed by atoms with Gasteiger partial charge in [0, 0.05) is 32.2 Å². The van der Waals surface area contributed by atoms with Crippen molar-refractivity contribution in [3.05, 3.63) is 22.4 Å². The standard InChI is InChI=1S/C12H20N2S/c1-2-12(9-11-3-8-15-10-11)14-6-4-13-5-7-14/h3,8,10,12-13H,2,4-7,9H2,1H3. The number of hydrogen-bond acceptors (Lipinski definition) is 3. The first kappa shape index (κ1) is 11.1. The van der Waals surface area contributed by atoms with Gasteiger partial charge in [-0.05, 0) is 35.2 Å². The van der Waals surface area contributed by atoms with Gasteiger partial charge in [-0.1, -0.05) is 6.92 Å². The van der Waals surface area contributed by atoms with E-state index in [4.69, 9.17) is 0 Å². The molecule has 0 spiro atoms. The van der Waals surface area contributed by atoms with E-state index in [1.54, 1.807) is 0 Å². The Bertz CT molecular complexity index is 265. The van der Waals surface area contributed by atoms with E-state index in [-0.39, 0.29) is 0 Å². The highest BCUT2D eigenvalue weighted by Crippen LogP contribution is 2.15. The Morgan fingerprint density at radius 2 is 2.27 bits per heavy atom. The molecule has 0 saturated carbocycles. The maximum absolute atomic E-state index is 3.41. The van der Waals surface area contributed by atoms with Crippen LogP contribution in [0.2, 0.25) is 0 Å². The van der Waals surface area contributed by atoms with Crippen LogP contribution in [0.15, 0.2) is 16.8 Å². The third-order valence-electron chi connectivity index (χ3n) is 3.19. The van der Waals surface area contributed by atoms with Crippen molar-refractivity contribution in [2.75, 3.05) is 26.2 Å². The molecule has 1 saturated heterocycles. The maximum atomic E-state index is 3.41. The number of piperazine rings is 1. The first-order valence-electron chi connectivity index (χ1n) is 5.86. The summed E-state index contributed by atoms with van der Waals surface area (Å²) in [5.74, 6) is 0. The molecule has 1 aliphatic heterocycles. The van der Waals surface area contributed by atoms with Gasteiger partial charge < -0.3 is 5.32 Å². The third-order valence-corrected chi connectivity index (χ3v) is 3.92. The molecule has 1 atom stereocenters. The van der Waals surface area contributed by atoms with Crippen LogP contribution in [-0.2, 0) is 6.42 Å². The Morgan fingerprint density at radius 1 is 1.47 bits per heavy atom. The van der Waals surface area contributed by atoms with Crippen molar-refractivity contribution in [1.82, 2.24) is 10.2 Å². The first-order chi connectivity index (χ1) is 7.40. The SMILES string of the molecule is CCC(Cc1ccsc1)N1CCNCC1. The molecule has 15 heavy (non-hydrogen) atoms. The molecule has 2 nitrogen and oxygen atoms in total. The zero-order chi connectivity index (χ0) is 10.5. The molecule has 1 aliphatic rings. The van der Waals surface area contributed by atoms with Crippen LogP contribution < -0.4 is 5.32 Å². The summed E-state index contributed by atoms with van der Waals surface area (Å²) in [6.07, 6.45) is 2.48. The van der Waals surface area contributed by atoms with E-state index in [2.05, 4.69) is 34.0 Å². The quantitative estimate of drug-likeness (QED) is 0.841. The van der Waals surface area contributed by atoms with Gasteiger partial charge in [0.15, 0.2) is 0 Å². The van der Waals surface area contributed by atoms with E-state index < -0.39 is 0 Å². The van der Waals surface area contributed by atoms with Crippen LogP contribution in [0.3, 0.4) is 0 Å². The van der Waals surface area contributed by atoms with E-state index >= 15 is 0 Å². The zero-order valence-electron chi connectivity index (χ0n) is 9.41. The summed E-state index contributed by atoms with van der Waals surface area (Å²) >= 11 is 1.81. The lowest BCUT2D eigenvalue weighted by molar-refractivity contribution is 0.167. The lowest BCUT2D eigenvalue weighted by Crippen LogP contribution is -2.48. The van der Waals surface area contributed by atoms with Crippen LogP contribution in [0.1, 0.15) is 18.9 Å². The molecule has 1 fully saturated rings. The van der Waals surface area contributed by atoms with Gasteiger partial charge in [0.2, 0.25) is 0 Å². The van der Waals surface area contributed by atoms with Crippen molar-refractivity contribution in [2.24, 2.45) is 0 Å². The van der Waals surface area contributed by atoms with Crippen molar-refractivity contribution in [1.29, 1.82) is 0 Å². The second kappa shape index (κ2) is 5.64. The Kier molecular flexibility index (Phi) is 4.18. The number of nitrogens with one attached hydrogen (secondary N) is 1. The van der Waals surface area contributed by atoms with Gasteiger partial charge in [-0.2, -0.15) is 11.3 Å². The predicted molar refractivity (Wildman–Crippen MR) is 66.5 cm³/mol. The average Bonchev–Trinajstić information content (AvgIpc) is 2.80. The maximum Gasteiger partial charge on any atom is 0.0134 e. The zero-order valence-corrected chi connectivity index (χ0v) is 10.2. The van der Waals surface area contributed by atoms with E-state index in [1.807, 2.05) is 11.3 Å². The predicted octanol–water partition coefficient (Wildman–Crippen LogP) is 1.97. The first-order valence-corrected chi connectivity index (χ1v) is 6.80. The molecule has 0 aromatic carbocycles. The summed E-state index contributed by atoms with van der Waals surface area (Å²) in [7, 11) is 0. The largest absolute Gasteiger partial charge is 0.314 e. The Labute approximate surface area is 96.3 Å². The van der Waals surface area contributed by atoms with Crippen LogP contribution in [0, 0.1) is 0 Å². The summed E-state index contributed by atoms with van der Waals surface area (Å²) in [4.78, 5) is 2.63. The number of rotatable bonds is 4. The number of nitrogens with zero attached hydrogens (tertiary/aromatic N) is 1. The van der Waals surface area contributed by atoms with Crippen molar-refractivity contribution in [2.45, 2.75) is 25.8 Å². The van der Waals surface area contributed by atoms with Crippen LogP contribution in [-0.4, -0.2) is 37.1 Å². The van der Waals surface area contributed by atoms with Crippen LogP contribution in [0.4, 0.5) is 0 Å². The van der Waals surface area contributed by atoms with Gasteiger partial charge in [0.25, 0.3) is 0 Å². The summed E-state index contributed by atoms with van der Waals surface area (Å²) in [5.41, 5.74) is 1.50. The summed E-state index contributed by atoms with van der Waals surface area (Å²) in [6, 6.07) is 3.00. The van der Waals surface area contributed by atoms with Gasteiger partial charge in [-0.15, -0.1) is 0 Å². The van der Waals surface area contributed by atoms with E-state index in [1.165, 1.54) is 31.5 Å². The fraction of sp³-hybridized carbons (Fsp3) is 0.667. The Balaban J connectivity index is 1.91. The minimum absolute atomic E-state index is 0.738. The fourth-order valence-corrected chi connectivity index (χ4v) is 2.94. The highest BCUT2D eigenvalue weighted by molar-refractivity contribution is 7.07. The smallest absolute Gasteiger partial charge is 0.0134 e. The molecule has 3 heteroatoms. The lowest BCUT2D eigenvalue weighted by atomic mass is 10.0. The topological polar surface area (TPSA) is 15.3 Å². The molecule has 0 radical (unpaired) electrons. The molecule has 1 aromatic heterocycles. The fourth-order valence-electron chi connectivity index (χ4n) is 2.26. The summed E-state index contributed by atoms with van der Waals surface area (Å²) in [5, 5.41) is 7.88. The molecule has 0 aliphatic carbocycles. The third kappa shape index (κ3) is 3.03. The van der Waals surface area contributed by atoms with Gasteiger partial charge >= 0.3 is 0 Å². The molecule has 0 amide bonds. The van der Waals surface area contributed by atoms with Crippen molar-refractivity contribution in [3.63, 3.8) is 0 Å². The van der Waals surface area contributed by atoms with E-state index in [0.29, 0.717) is 0 Å². The number of thiophene rings is 1. The highest BCUT2D eigenvalue weighted by Gasteiger charge is 2.18.